The fourth-order valence-electron chi connectivity index (χ4n) is 2.11. The number of nitrogens with one attached hydrogen (secondary N) is 2. The Morgan fingerprint density at radius 2 is 1.57 bits per heavy atom. The van der Waals surface area contributed by atoms with E-state index in [0.717, 1.165) is 10.8 Å². The number of carbonyl (C=O) groups is 3. The van der Waals surface area contributed by atoms with Gasteiger partial charge >= 0.3 is 12.1 Å². The second-order valence-corrected chi connectivity index (χ2v) is 4.72. The maximum Gasteiger partial charge on any atom is 0.406 e. The first-order chi connectivity index (χ1) is 11.0. The van der Waals surface area contributed by atoms with E-state index >= 15 is 0 Å². The quantitative estimate of drug-likeness (QED) is 0.727. The van der Waals surface area contributed by atoms with Crippen molar-refractivity contribution in [1.29, 1.82) is 0 Å². The summed E-state index contributed by atoms with van der Waals surface area (Å²) in [5, 5.41) is 15.8. The zero-order chi connectivity index (χ0) is 16.8. The van der Waals surface area contributed by atoms with Crippen molar-refractivity contribution in [3.63, 3.8) is 0 Å². The number of hydrogen-bond acceptors (Lipinski definition) is 4. The summed E-state index contributed by atoms with van der Waals surface area (Å²) in [5.74, 6) is -1.69. The molecule has 2 aromatic rings. The van der Waals surface area contributed by atoms with E-state index in [4.69, 9.17) is 0 Å². The molecule has 2 aromatic carbocycles. The van der Waals surface area contributed by atoms with Crippen molar-refractivity contribution in [3.05, 3.63) is 47.5 Å². The Labute approximate surface area is 132 Å². The maximum atomic E-state index is 12.2. The normalized spacial score (nSPS) is 10.1. The fraction of sp³-hybridized carbons (Fsp3) is 0.188. The van der Waals surface area contributed by atoms with Crippen LogP contribution in [0.3, 0.4) is 0 Å². The molecule has 0 saturated heterocycles. The van der Waals surface area contributed by atoms with Crippen molar-refractivity contribution >= 4 is 28.7 Å². The third-order valence-electron chi connectivity index (χ3n) is 3.23. The molecule has 0 atom stereocenters. The maximum absolute atomic E-state index is 12.2. The molecular formula is C16H16N2O5. The molecular weight excluding hydrogens is 300 g/mol. The van der Waals surface area contributed by atoms with Crippen molar-refractivity contribution in [3.8, 4) is 0 Å². The molecule has 0 aliphatic rings. The first-order valence-corrected chi connectivity index (χ1v) is 6.89. The van der Waals surface area contributed by atoms with Crippen LogP contribution in [0.25, 0.3) is 10.8 Å². The van der Waals surface area contributed by atoms with E-state index in [9.17, 15) is 19.5 Å². The van der Waals surface area contributed by atoms with Crippen LogP contribution >= 0.6 is 0 Å². The highest BCUT2D eigenvalue weighted by molar-refractivity contribution is 6.08. The molecule has 0 radical (unpaired) electrons. The van der Waals surface area contributed by atoms with Gasteiger partial charge < -0.3 is 20.5 Å². The minimum absolute atomic E-state index is 0.0675. The molecule has 0 heterocycles. The van der Waals surface area contributed by atoms with E-state index in [1.807, 2.05) is 6.07 Å². The van der Waals surface area contributed by atoms with Crippen LogP contribution in [0, 0.1) is 0 Å². The van der Waals surface area contributed by atoms with Crippen LogP contribution < -0.4 is 10.6 Å². The molecule has 7 nitrogen and oxygen atoms in total. The molecule has 0 saturated carbocycles. The summed E-state index contributed by atoms with van der Waals surface area (Å²) in [6, 6.07) is 10.2. The van der Waals surface area contributed by atoms with Gasteiger partial charge in [0.2, 0.25) is 0 Å². The number of benzene rings is 2. The van der Waals surface area contributed by atoms with Crippen LogP contribution in [0.1, 0.15) is 20.7 Å². The number of ether oxygens (including phenoxy) is 1. The van der Waals surface area contributed by atoms with Gasteiger partial charge in [0, 0.05) is 13.1 Å². The lowest BCUT2D eigenvalue weighted by Crippen LogP contribution is -2.35. The Kier molecular flexibility index (Phi) is 5.14. The largest absolute Gasteiger partial charge is 0.478 e. The average molecular weight is 316 g/mol. The first-order valence-electron chi connectivity index (χ1n) is 6.89. The first kappa shape index (κ1) is 16.3. The molecule has 0 aromatic heterocycles. The predicted octanol–water partition coefficient (Wildman–Crippen LogP) is 1.62. The Hall–Kier alpha value is -3.09. The molecule has 0 unspecified atom stereocenters. The van der Waals surface area contributed by atoms with Gasteiger partial charge in [-0.1, -0.05) is 24.3 Å². The molecule has 23 heavy (non-hydrogen) atoms. The number of carboxylic acid groups (broad SMARTS) is 1. The number of hydrogen-bond donors (Lipinski definition) is 3. The Balaban J connectivity index is 2.16. The van der Waals surface area contributed by atoms with E-state index in [1.165, 1.54) is 13.2 Å². The number of aromatic carboxylic acids is 1. The number of rotatable bonds is 5. The lowest BCUT2D eigenvalue weighted by atomic mass is 10.0. The number of fused-ring (bicyclic) bond motifs is 1. The average Bonchev–Trinajstić information content (AvgIpc) is 2.56. The third-order valence-corrected chi connectivity index (χ3v) is 3.23. The summed E-state index contributed by atoms with van der Waals surface area (Å²) in [6.07, 6.45) is -0.601. The van der Waals surface area contributed by atoms with E-state index in [-0.39, 0.29) is 24.2 Å². The standard InChI is InChI=1S/C16H16N2O5/c1-23-16(22)18-7-6-17-14(19)12-8-10-4-2-3-5-11(10)9-13(12)15(20)21/h2-5,8-9H,6-7H2,1H3,(H,17,19)(H,18,22)(H,20,21). The van der Waals surface area contributed by atoms with Gasteiger partial charge in [0.1, 0.15) is 0 Å². The van der Waals surface area contributed by atoms with Crippen molar-refractivity contribution in [2.45, 2.75) is 0 Å². The highest BCUT2D eigenvalue weighted by Crippen LogP contribution is 2.20. The van der Waals surface area contributed by atoms with E-state index in [2.05, 4.69) is 15.4 Å². The molecule has 0 fully saturated rings. The molecule has 0 aliphatic carbocycles. The van der Waals surface area contributed by atoms with E-state index in [0.29, 0.717) is 0 Å². The van der Waals surface area contributed by atoms with Crippen LogP contribution in [0.4, 0.5) is 4.79 Å². The highest BCUT2D eigenvalue weighted by atomic mass is 16.5. The zero-order valence-corrected chi connectivity index (χ0v) is 12.5. The summed E-state index contributed by atoms with van der Waals surface area (Å²) >= 11 is 0. The van der Waals surface area contributed by atoms with Crippen LogP contribution in [0.5, 0.6) is 0 Å². The topological polar surface area (TPSA) is 105 Å². The molecule has 7 heteroatoms. The fourth-order valence-corrected chi connectivity index (χ4v) is 2.11. The molecule has 0 spiro atoms. The lowest BCUT2D eigenvalue weighted by Gasteiger charge is -2.10. The molecule has 2 amide bonds. The van der Waals surface area contributed by atoms with E-state index < -0.39 is 18.0 Å². The van der Waals surface area contributed by atoms with Gasteiger partial charge in [-0.15, -0.1) is 0 Å². The molecule has 120 valence electrons. The van der Waals surface area contributed by atoms with Gasteiger partial charge in [-0.05, 0) is 22.9 Å². The summed E-state index contributed by atoms with van der Waals surface area (Å²) in [5.41, 5.74) is 0.0106. The van der Waals surface area contributed by atoms with Crippen LogP contribution in [0.2, 0.25) is 0 Å². The second-order valence-electron chi connectivity index (χ2n) is 4.72. The van der Waals surface area contributed by atoms with Crippen molar-refractivity contribution in [2.24, 2.45) is 0 Å². The molecule has 0 bridgehead atoms. The van der Waals surface area contributed by atoms with Crippen LogP contribution in [0.15, 0.2) is 36.4 Å². The molecule has 0 aliphatic heterocycles. The SMILES string of the molecule is COC(=O)NCCNC(=O)c1cc2ccccc2cc1C(=O)O. The summed E-state index contributed by atoms with van der Waals surface area (Å²) in [6.45, 7) is 0.328. The van der Waals surface area contributed by atoms with E-state index in [1.54, 1.807) is 24.3 Å². The molecule has 3 N–H and O–H groups in total. The summed E-state index contributed by atoms with van der Waals surface area (Å²) in [7, 11) is 1.24. The minimum atomic E-state index is -1.17. The second kappa shape index (κ2) is 7.26. The van der Waals surface area contributed by atoms with Crippen LogP contribution in [-0.4, -0.2) is 43.3 Å². The number of amides is 2. The Morgan fingerprint density at radius 3 is 2.13 bits per heavy atom. The van der Waals surface area contributed by atoms with Crippen molar-refractivity contribution in [2.75, 3.05) is 20.2 Å². The van der Waals surface area contributed by atoms with Gasteiger partial charge in [0.25, 0.3) is 5.91 Å². The number of carbonyl (C=O) groups excluding carboxylic acids is 2. The lowest BCUT2D eigenvalue weighted by molar-refractivity contribution is 0.0691. The predicted molar refractivity (Wildman–Crippen MR) is 83.6 cm³/mol. The Bertz CT molecular complexity index is 757. The summed E-state index contributed by atoms with van der Waals surface area (Å²) < 4.78 is 4.40. The van der Waals surface area contributed by atoms with Gasteiger partial charge in [-0.3, -0.25) is 4.79 Å². The van der Waals surface area contributed by atoms with Crippen molar-refractivity contribution < 1.29 is 24.2 Å². The molecule has 2 rings (SSSR count). The zero-order valence-electron chi connectivity index (χ0n) is 12.5. The van der Waals surface area contributed by atoms with Crippen LogP contribution in [-0.2, 0) is 4.74 Å². The van der Waals surface area contributed by atoms with Crippen molar-refractivity contribution in [1.82, 2.24) is 10.6 Å². The minimum Gasteiger partial charge on any atom is -0.478 e. The number of carboxylic acids is 1. The van der Waals surface area contributed by atoms with Gasteiger partial charge in [0.05, 0.1) is 18.2 Å². The smallest absolute Gasteiger partial charge is 0.406 e. The van der Waals surface area contributed by atoms with Gasteiger partial charge in [-0.2, -0.15) is 0 Å². The Morgan fingerprint density at radius 1 is 1.00 bits per heavy atom. The summed E-state index contributed by atoms with van der Waals surface area (Å²) in [4.78, 5) is 34.5. The third kappa shape index (κ3) is 3.97. The highest BCUT2D eigenvalue weighted by Gasteiger charge is 2.17. The number of alkyl carbamates (subject to hydrolysis) is 1. The number of methoxy groups -OCH3 is 1. The van der Waals surface area contributed by atoms with Gasteiger partial charge in [-0.25, -0.2) is 9.59 Å². The monoisotopic (exact) mass is 316 g/mol. The van der Waals surface area contributed by atoms with Gasteiger partial charge in [0.15, 0.2) is 0 Å².